The number of anilines is 1. The van der Waals surface area contributed by atoms with Crippen molar-refractivity contribution >= 4 is 16.7 Å². The predicted octanol–water partition coefficient (Wildman–Crippen LogP) is 5.04. The zero-order valence-electron chi connectivity index (χ0n) is 21.4. The van der Waals surface area contributed by atoms with Crippen LogP contribution in [0.15, 0.2) is 54.6 Å². The highest BCUT2D eigenvalue weighted by Crippen LogP contribution is 2.42. The molecule has 0 N–H and O–H groups in total. The van der Waals surface area contributed by atoms with Crippen molar-refractivity contribution in [3.05, 3.63) is 77.4 Å². The Balaban J connectivity index is 1.25. The lowest BCUT2D eigenvalue weighted by atomic mass is 9.90. The summed E-state index contributed by atoms with van der Waals surface area (Å²) in [7, 11) is 0. The summed E-state index contributed by atoms with van der Waals surface area (Å²) < 4.78 is 2.10. The van der Waals surface area contributed by atoms with Gasteiger partial charge in [0.05, 0.1) is 16.9 Å². The monoisotopic (exact) mass is 466 g/mol. The summed E-state index contributed by atoms with van der Waals surface area (Å²) in [6.45, 7) is 15.4. The third-order valence-electron chi connectivity index (χ3n) is 8.18. The maximum absolute atomic E-state index is 4.95. The molecule has 2 aliphatic heterocycles. The van der Waals surface area contributed by atoms with E-state index in [0.717, 1.165) is 60.1 Å². The highest BCUT2D eigenvalue weighted by atomic mass is 15.3. The normalized spacial score (nSPS) is 20.7. The minimum Gasteiger partial charge on any atom is -0.355 e. The summed E-state index contributed by atoms with van der Waals surface area (Å²) in [6.07, 6.45) is 0. The first-order valence-electron chi connectivity index (χ1n) is 12.7. The second-order valence-corrected chi connectivity index (χ2v) is 10.8. The van der Waals surface area contributed by atoms with Crippen LogP contribution in [0.2, 0.25) is 0 Å². The molecule has 6 rings (SSSR count). The van der Waals surface area contributed by atoms with Crippen molar-refractivity contribution in [3.63, 3.8) is 0 Å². The molecule has 2 aromatic carbocycles. The van der Waals surface area contributed by atoms with Gasteiger partial charge in [-0.1, -0.05) is 30.3 Å². The lowest BCUT2D eigenvalue weighted by molar-refractivity contribution is 0.143. The van der Waals surface area contributed by atoms with Crippen LogP contribution in [0, 0.1) is 32.6 Å². The first-order valence-corrected chi connectivity index (χ1v) is 12.7. The van der Waals surface area contributed by atoms with Gasteiger partial charge in [0, 0.05) is 48.4 Å². The molecule has 35 heavy (non-hydrogen) atoms. The Hall–Kier alpha value is -3.25. The first kappa shape index (κ1) is 22.2. The van der Waals surface area contributed by atoms with E-state index in [1.165, 1.54) is 11.3 Å². The lowest BCUT2D eigenvalue weighted by Crippen LogP contribution is -2.42. The summed E-state index contributed by atoms with van der Waals surface area (Å²) in [5, 5.41) is 6.11. The SMILES string of the molecule is Cc1nc(N2CC3CN(C(C)(C)c4c(C)nn(-c5ccccc5)c4C)CC3C2)c2ccccc2n1. The maximum Gasteiger partial charge on any atom is 0.140 e. The van der Waals surface area contributed by atoms with E-state index in [0.29, 0.717) is 11.8 Å². The zero-order valence-corrected chi connectivity index (χ0v) is 21.4. The molecule has 2 fully saturated rings. The van der Waals surface area contributed by atoms with Gasteiger partial charge in [-0.15, -0.1) is 0 Å². The molecule has 0 aliphatic carbocycles. The predicted molar refractivity (Wildman–Crippen MR) is 141 cm³/mol. The molecule has 6 heteroatoms. The summed E-state index contributed by atoms with van der Waals surface area (Å²) in [4.78, 5) is 14.7. The van der Waals surface area contributed by atoms with Crippen LogP contribution >= 0.6 is 0 Å². The van der Waals surface area contributed by atoms with Gasteiger partial charge in [-0.05, 0) is 70.7 Å². The van der Waals surface area contributed by atoms with Crippen molar-refractivity contribution in [1.29, 1.82) is 0 Å². The fourth-order valence-electron chi connectivity index (χ4n) is 6.54. The summed E-state index contributed by atoms with van der Waals surface area (Å²) in [5.41, 5.74) is 5.80. The Labute approximate surface area is 207 Å². The van der Waals surface area contributed by atoms with Gasteiger partial charge in [0.2, 0.25) is 0 Å². The van der Waals surface area contributed by atoms with E-state index in [9.17, 15) is 0 Å². The largest absolute Gasteiger partial charge is 0.355 e. The second kappa shape index (κ2) is 8.16. The van der Waals surface area contributed by atoms with Crippen molar-refractivity contribution in [2.75, 3.05) is 31.1 Å². The van der Waals surface area contributed by atoms with E-state index >= 15 is 0 Å². The van der Waals surface area contributed by atoms with Gasteiger partial charge in [-0.2, -0.15) is 5.10 Å². The Morgan fingerprint density at radius 3 is 2.17 bits per heavy atom. The summed E-state index contributed by atoms with van der Waals surface area (Å²) in [6, 6.07) is 18.9. The second-order valence-electron chi connectivity index (χ2n) is 10.8. The van der Waals surface area contributed by atoms with Crippen LogP contribution in [0.25, 0.3) is 16.6 Å². The summed E-state index contributed by atoms with van der Waals surface area (Å²) in [5.74, 6) is 3.24. The van der Waals surface area contributed by atoms with Crippen LogP contribution < -0.4 is 4.90 Å². The number of hydrogen-bond donors (Lipinski definition) is 0. The van der Waals surface area contributed by atoms with E-state index in [4.69, 9.17) is 10.1 Å². The molecule has 2 aliphatic rings. The molecule has 0 amide bonds. The van der Waals surface area contributed by atoms with Crippen molar-refractivity contribution in [3.8, 4) is 5.69 Å². The minimum atomic E-state index is -0.0748. The third-order valence-corrected chi connectivity index (χ3v) is 8.18. The molecular formula is C29H34N6. The van der Waals surface area contributed by atoms with E-state index in [1.54, 1.807) is 0 Å². The van der Waals surface area contributed by atoms with E-state index in [1.807, 2.05) is 6.92 Å². The van der Waals surface area contributed by atoms with Crippen molar-refractivity contribution < 1.29 is 0 Å². The standard InChI is InChI=1S/C29H34N6/c1-19-27(20(2)35(32-19)24-11-7-6-8-12-24)29(4,5)34-17-22-15-33(16-23(22)18-34)28-25-13-9-10-14-26(25)30-21(3)31-28/h6-14,22-23H,15-18H2,1-5H3. The Kier molecular flexibility index (Phi) is 5.18. The van der Waals surface area contributed by atoms with Crippen LogP contribution in [-0.4, -0.2) is 50.8 Å². The van der Waals surface area contributed by atoms with Gasteiger partial charge >= 0.3 is 0 Å². The van der Waals surface area contributed by atoms with Crippen molar-refractivity contribution in [1.82, 2.24) is 24.6 Å². The summed E-state index contributed by atoms with van der Waals surface area (Å²) >= 11 is 0. The molecule has 0 bridgehead atoms. The lowest BCUT2D eigenvalue weighted by Gasteiger charge is -2.37. The van der Waals surface area contributed by atoms with E-state index in [2.05, 4.69) is 102 Å². The van der Waals surface area contributed by atoms with Gasteiger partial charge in [0.1, 0.15) is 11.6 Å². The number of fused-ring (bicyclic) bond motifs is 2. The molecule has 4 aromatic rings. The number of benzene rings is 2. The van der Waals surface area contributed by atoms with Crippen LogP contribution in [0.4, 0.5) is 5.82 Å². The molecule has 0 spiro atoms. The fourth-order valence-corrected chi connectivity index (χ4v) is 6.54. The van der Waals surface area contributed by atoms with E-state index in [-0.39, 0.29) is 5.54 Å². The van der Waals surface area contributed by atoms with Gasteiger partial charge in [-0.3, -0.25) is 4.90 Å². The molecule has 0 saturated carbocycles. The number of likely N-dealkylation sites (tertiary alicyclic amines) is 1. The maximum atomic E-state index is 4.95. The Morgan fingerprint density at radius 2 is 1.46 bits per heavy atom. The molecule has 4 heterocycles. The molecule has 6 nitrogen and oxygen atoms in total. The fraction of sp³-hybridized carbons (Fsp3) is 0.414. The topological polar surface area (TPSA) is 50.1 Å². The van der Waals surface area contributed by atoms with Crippen LogP contribution in [0.5, 0.6) is 0 Å². The number of nitrogens with zero attached hydrogens (tertiary/aromatic N) is 6. The Morgan fingerprint density at radius 1 is 0.800 bits per heavy atom. The molecule has 0 radical (unpaired) electrons. The molecule has 2 saturated heterocycles. The number of rotatable bonds is 4. The highest BCUT2D eigenvalue weighted by Gasteiger charge is 2.46. The van der Waals surface area contributed by atoms with Gasteiger partial charge in [-0.25, -0.2) is 14.6 Å². The average Bonchev–Trinajstić information content (AvgIpc) is 3.51. The van der Waals surface area contributed by atoms with Crippen LogP contribution in [-0.2, 0) is 5.54 Å². The van der Waals surface area contributed by atoms with E-state index < -0.39 is 0 Å². The first-order chi connectivity index (χ1) is 16.8. The molecular weight excluding hydrogens is 432 g/mol. The number of hydrogen-bond acceptors (Lipinski definition) is 5. The van der Waals surface area contributed by atoms with Gasteiger partial charge in [0.15, 0.2) is 0 Å². The van der Waals surface area contributed by atoms with Crippen LogP contribution in [0.1, 0.15) is 36.6 Å². The third kappa shape index (κ3) is 3.62. The van der Waals surface area contributed by atoms with Crippen LogP contribution in [0.3, 0.4) is 0 Å². The number of aromatic nitrogens is 4. The van der Waals surface area contributed by atoms with Gasteiger partial charge in [0.25, 0.3) is 0 Å². The quantitative estimate of drug-likeness (QED) is 0.422. The number of aryl methyl sites for hydroxylation is 2. The zero-order chi connectivity index (χ0) is 24.3. The van der Waals surface area contributed by atoms with Crippen molar-refractivity contribution in [2.24, 2.45) is 11.8 Å². The van der Waals surface area contributed by atoms with Crippen molar-refractivity contribution in [2.45, 2.75) is 40.2 Å². The Bertz CT molecular complexity index is 1380. The molecule has 2 atom stereocenters. The smallest absolute Gasteiger partial charge is 0.140 e. The minimum absolute atomic E-state index is 0.0748. The van der Waals surface area contributed by atoms with Gasteiger partial charge < -0.3 is 4.90 Å². The highest BCUT2D eigenvalue weighted by molar-refractivity contribution is 5.89. The molecule has 2 aromatic heterocycles. The average molecular weight is 467 g/mol. The number of para-hydroxylation sites is 2. The molecule has 2 unspecified atom stereocenters. The molecule has 180 valence electrons.